The van der Waals surface area contributed by atoms with Gasteiger partial charge in [0.2, 0.25) is 0 Å². The first-order chi connectivity index (χ1) is 10.7. The van der Waals surface area contributed by atoms with E-state index in [0.29, 0.717) is 11.2 Å². The number of anilines is 1. The lowest BCUT2D eigenvalue weighted by molar-refractivity contribution is 0.132. The van der Waals surface area contributed by atoms with Crippen molar-refractivity contribution in [3.05, 3.63) is 11.1 Å². The van der Waals surface area contributed by atoms with E-state index in [1.807, 2.05) is 11.1 Å². The van der Waals surface area contributed by atoms with Crippen LogP contribution in [0.2, 0.25) is 0 Å². The topological polar surface area (TPSA) is 74.5 Å². The third-order valence-corrected chi connectivity index (χ3v) is 5.35. The molecule has 2 aliphatic rings. The normalized spacial score (nSPS) is 20.1. The van der Waals surface area contributed by atoms with E-state index in [4.69, 9.17) is 5.73 Å². The van der Waals surface area contributed by atoms with E-state index in [0.717, 1.165) is 45.6 Å². The second-order valence-corrected chi connectivity index (χ2v) is 7.36. The highest BCUT2D eigenvalue weighted by molar-refractivity contribution is 7.15. The van der Waals surface area contributed by atoms with Crippen molar-refractivity contribution < 1.29 is 4.79 Å². The number of nitrogens with zero attached hydrogens (tertiary/aromatic N) is 3. The van der Waals surface area contributed by atoms with Gasteiger partial charge in [0.1, 0.15) is 0 Å². The molecule has 0 radical (unpaired) electrons. The number of nitrogens with two attached hydrogens (primary N) is 1. The number of piperazine rings is 1. The molecule has 1 aliphatic carbocycles. The molecule has 23 heavy (non-hydrogen) atoms. The predicted molar refractivity (Wildman–Crippen MR) is 96.0 cm³/mol. The molecular formula is C15H26ClN5OS. The molecule has 1 aromatic rings. The summed E-state index contributed by atoms with van der Waals surface area (Å²) < 4.78 is 0. The maximum Gasteiger partial charge on any atom is 0.317 e. The van der Waals surface area contributed by atoms with E-state index in [2.05, 4.69) is 15.2 Å². The van der Waals surface area contributed by atoms with Crippen LogP contribution in [0.4, 0.5) is 9.93 Å². The minimum absolute atomic E-state index is 0. The fourth-order valence-corrected chi connectivity index (χ4v) is 3.96. The van der Waals surface area contributed by atoms with Crippen molar-refractivity contribution in [3.8, 4) is 0 Å². The fourth-order valence-electron chi connectivity index (χ4n) is 3.24. The average Bonchev–Trinajstić information content (AvgIpc) is 2.94. The number of halogens is 1. The van der Waals surface area contributed by atoms with Gasteiger partial charge in [0.25, 0.3) is 0 Å². The van der Waals surface area contributed by atoms with Gasteiger partial charge in [-0.3, -0.25) is 4.90 Å². The molecule has 0 unspecified atom stereocenters. The Kier molecular flexibility index (Phi) is 6.92. The van der Waals surface area contributed by atoms with Crippen LogP contribution in [0.5, 0.6) is 0 Å². The predicted octanol–water partition coefficient (Wildman–Crippen LogP) is 2.31. The van der Waals surface area contributed by atoms with Crippen LogP contribution in [-0.4, -0.2) is 53.0 Å². The highest BCUT2D eigenvalue weighted by atomic mass is 35.5. The van der Waals surface area contributed by atoms with Gasteiger partial charge in [-0.1, -0.05) is 19.3 Å². The van der Waals surface area contributed by atoms with Crippen molar-refractivity contribution >= 4 is 34.9 Å². The first-order valence-electron chi connectivity index (χ1n) is 8.18. The summed E-state index contributed by atoms with van der Waals surface area (Å²) in [5.74, 6) is 0. The minimum atomic E-state index is 0. The first kappa shape index (κ1) is 18.3. The van der Waals surface area contributed by atoms with Crippen LogP contribution in [0.25, 0.3) is 0 Å². The molecule has 0 aromatic carbocycles. The zero-order chi connectivity index (χ0) is 15.4. The van der Waals surface area contributed by atoms with Crippen molar-refractivity contribution in [1.82, 2.24) is 20.1 Å². The van der Waals surface area contributed by atoms with Crippen LogP contribution >= 0.6 is 23.7 Å². The van der Waals surface area contributed by atoms with E-state index in [-0.39, 0.29) is 18.4 Å². The molecule has 6 nitrogen and oxygen atoms in total. The summed E-state index contributed by atoms with van der Waals surface area (Å²) in [5, 5.41) is 3.83. The largest absolute Gasteiger partial charge is 0.375 e. The van der Waals surface area contributed by atoms with E-state index in [1.54, 1.807) is 11.3 Å². The molecule has 1 saturated carbocycles. The number of rotatable bonds is 3. The van der Waals surface area contributed by atoms with Crippen molar-refractivity contribution in [3.63, 3.8) is 0 Å². The molecule has 2 heterocycles. The van der Waals surface area contributed by atoms with Crippen LogP contribution in [-0.2, 0) is 6.54 Å². The third kappa shape index (κ3) is 5.22. The van der Waals surface area contributed by atoms with Gasteiger partial charge < -0.3 is 16.0 Å². The second-order valence-electron chi connectivity index (χ2n) is 6.21. The van der Waals surface area contributed by atoms with Crippen LogP contribution in [0.15, 0.2) is 6.20 Å². The van der Waals surface area contributed by atoms with E-state index < -0.39 is 0 Å². The number of carbonyl (C=O) groups is 1. The summed E-state index contributed by atoms with van der Waals surface area (Å²) in [5.41, 5.74) is 5.66. The number of hydrogen-bond donors (Lipinski definition) is 2. The number of aromatic nitrogens is 1. The number of hydrogen-bond acceptors (Lipinski definition) is 5. The van der Waals surface area contributed by atoms with Crippen molar-refractivity contribution in [2.45, 2.75) is 44.7 Å². The van der Waals surface area contributed by atoms with Gasteiger partial charge in [-0.15, -0.1) is 23.7 Å². The quantitative estimate of drug-likeness (QED) is 0.868. The molecule has 1 aromatic heterocycles. The standard InChI is InChI=1S/C15H25N5OS.ClH/c16-14-17-10-13(22-14)11-19-6-8-20(9-7-19)15(21)18-12-4-2-1-3-5-12;/h10,12H,1-9,11H2,(H2,16,17)(H,18,21);1H. The summed E-state index contributed by atoms with van der Waals surface area (Å²) in [6.45, 7) is 4.30. The lowest BCUT2D eigenvalue weighted by Gasteiger charge is -2.35. The van der Waals surface area contributed by atoms with Gasteiger partial charge in [-0.05, 0) is 12.8 Å². The zero-order valence-corrected chi connectivity index (χ0v) is 15.0. The molecule has 3 N–H and O–H groups in total. The molecule has 0 spiro atoms. The van der Waals surface area contributed by atoms with Gasteiger partial charge in [-0.25, -0.2) is 9.78 Å². The number of carbonyl (C=O) groups excluding carboxylic acids is 1. The maximum absolute atomic E-state index is 12.3. The number of urea groups is 1. The van der Waals surface area contributed by atoms with Crippen LogP contribution in [0.3, 0.4) is 0 Å². The Labute approximate surface area is 147 Å². The summed E-state index contributed by atoms with van der Waals surface area (Å²) in [7, 11) is 0. The summed E-state index contributed by atoms with van der Waals surface area (Å²) in [6.07, 6.45) is 7.93. The lowest BCUT2D eigenvalue weighted by Crippen LogP contribution is -2.53. The average molecular weight is 360 g/mol. The van der Waals surface area contributed by atoms with Crippen LogP contribution in [0.1, 0.15) is 37.0 Å². The van der Waals surface area contributed by atoms with Crippen LogP contribution in [0, 0.1) is 0 Å². The second kappa shape index (κ2) is 8.70. The Morgan fingerprint density at radius 1 is 1.26 bits per heavy atom. The Morgan fingerprint density at radius 3 is 2.57 bits per heavy atom. The first-order valence-corrected chi connectivity index (χ1v) is 9.00. The molecule has 130 valence electrons. The van der Waals surface area contributed by atoms with Gasteiger partial charge >= 0.3 is 6.03 Å². The molecule has 0 atom stereocenters. The molecule has 3 rings (SSSR count). The molecule has 1 saturated heterocycles. The fraction of sp³-hybridized carbons (Fsp3) is 0.733. The Morgan fingerprint density at radius 2 is 1.96 bits per heavy atom. The molecule has 8 heteroatoms. The number of nitrogen functional groups attached to an aromatic ring is 1. The summed E-state index contributed by atoms with van der Waals surface area (Å²) in [4.78, 5) is 21.9. The number of thiazole rings is 1. The summed E-state index contributed by atoms with van der Waals surface area (Å²) >= 11 is 1.54. The number of amides is 2. The Hall–Kier alpha value is -1.05. The highest BCUT2D eigenvalue weighted by Gasteiger charge is 2.24. The van der Waals surface area contributed by atoms with E-state index in [9.17, 15) is 4.79 Å². The zero-order valence-electron chi connectivity index (χ0n) is 13.4. The van der Waals surface area contributed by atoms with Crippen molar-refractivity contribution in [1.29, 1.82) is 0 Å². The van der Waals surface area contributed by atoms with Gasteiger partial charge in [0, 0.05) is 49.8 Å². The molecular weight excluding hydrogens is 334 g/mol. The molecule has 2 fully saturated rings. The Balaban J connectivity index is 0.00000192. The monoisotopic (exact) mass is 359 g/mol. The molecule has 1 aliphatic heterocycles. The van der Waals surface area contributed by atoms with Gasteiger partial charge in [0.15, 0.2) is 5.13 Å². The SMILES string of the molecule is Cl.Nc1ncc(CN2CCN(C(=O)NC3CCCCC3)CC2)s1. The lowest BCUT2D eigenvalue weighted by atomic mass is 9.96. The van der Waals surface area contributed by atoms with Gasteiger partial charge in [0.05, 0.1) is 0 Å². The Bertz CT molecular complexity index is 498. The van der Waals surface area contributed by atoms with Crippen molar-refractivity contribution in [2.75, 3.05) is 31.9 Å². The highest BCUT2D eigenvalue weighted by Crippen LogP contribution is 2.19. The minimum Gasteiger partial charge on any atom is -0.375 e. The van der Waals surface area contributed by atoms with E-state index >= 15 is 0 Å². The van der Waals surface area contributed by atoms with E-state index in [1.165, 1.54) is 24.1 Å². The van der Waals surface area contributed by atoms with Crippen LogP contribution < -0.4 is 11.1 Å². The number of nitrogens with one attached hydrogen (secondary N) is 1. The van der Waals surface area contributed by atoms with Crippen molar-refractivity contribution in [2.24, 2.45) is 0 Å². The van der Waals surface area contributed by atoms with Gasteiger partial charge in [-0.2, -0.15) is 0 Å². The summed E-state index contributed by atoms with van der Waals surface area (Å²) in [6, 6.07) is 0.507. The molecule has 2 amide bonds. The maximum atomic E-state index is 12.3. The third-order valence-electron chi connectivity index (χ3n) is 4.54. The molecule has 0 bridgehead atoms. The smallest absolute Gasteiger partial charge is 0.317 e.